The first kappa shape index (κ1) is 12.5. The third-order valence-electron chi connectivity index (χ3n) is 2.42. The van der Waals surface area contributed by atoms with Crippen LogP contribution in [0.15, 0.2) is 23.3 Å². The number of hydrogen-bond donors (Lipinski definition) is 0. The summed E-state index contributed by atoms with van der Waals surface area (Å²) in [6.45, 7) is 1.95. The summed E-state index contributed by atoms with van der Waals surface area (Å²) in [7, 11) is 0. The maximum Gasteiger partial charge on any atom is 0.259 e. The Morgan fingerprint density at radius 1 is 1.37 bits per heavy atom. The van der Waals surface area contributed by atoms with Crippen molar-refractivity contribution in [3.05, 3.63) is 48.7 Å². The molecule has 96 valence electrons. The monoisotopic (exact) mass is 309 g/mol. The van der Waals surface area contributed by atoms with E-state index in [1.54, 1.807) is 23.7 Å². The van der Waals surface area contributed by atoms with E-state index in [2.05, 4.69) is 9.97 Å². The summed E-state index contributed by atoms with van der Waals surface area (Å²) in [5.74, 6) is 0. The van der Waals surface area contributed by atoms with E-state index in [0.29, 0.717) is 15.0 Å². The molecule has 0 N–H and O–H groups in total. The quantitative estimate of drug-likeness (QED) is 0.729. The summed E-state index contributed by atoms with van der Waals surface area (Å²) in [4.78, 5) is 22.0. The van der Waals surface area contributed by atoms with Crippen LogP contribution in [0.5, 0.6) is 0 Å². The normalized spacial score (nSPS) is 11.7. The Morgan fingerprint density at radius 2 is 2.21 bits per heavy atom. The molecule has 3 heterocycles. The molecule has 7 heteroatoms. The van der Waals surface area contributed by atoms with E-state index in [0.717, 1.165) is 9.88 Å². The van der Waals surface area contributed by atoms with Crippen LogP contribution in [0.2, 0.25) is 4.34 Å². The van der Waals surface area contributed by atoms with E-state index in [1.165, 1.54) is 21.8 Å². The molecule has 0 saturated carbocycles. The second-order valence-corrected chi connectivity index (χ2v) is 6.73. The molecule has 0 aliphatic rings. The highest BCUT2D eigenvalue weighted by Gasteiger charge is 2.04. The minimum absolute atomic E-state index is 0.131. The van der Waals surface area contributed by atoms with Gasteiger partial charge in [-0.2, -0.15) is 0 Å². The maximum absolute atomic E-state index is 11.9. The molecule has 4 nitrogen and oxygen atoms in total. The lowest BCUT2D eigenvalue weighted by Gasteiger charge is -1.93. The van der Waals surface area contributed by atoms with Gasteiger partial charge in [-0.1, -0.05) is 22.9 Å². The van der Waals surface area contributed by atoms with Crippen molar-refractivity contribution in [3.63, 3.8) is 0 Å². The van der Waals surface area contributed by atoms with Crippen LogP contribution in [0.4, 0.5) is 0 Å². The molecular formula is C12H8ClN3OS2. The van der Waals surface area contributed by atoms with Crippen LogP contribution in [-0.4, -0.2) is 14.4 Å². The van der Waals surface area contributed by atoms with Crippen molar-refractivity contribution >= 4 is 51.4 Å². The third-order valence-corrected chi connectivity index (χ3v) is 4.39. The van der Waals surface area contributed by atoms with E-state index in [4.69, 9.17) is 11.6 Å². The average Bonchev–Trinajstić information content (AvgIpc) is 2.92. The van der Waals surface area contributed by atoms with Gasteiger partial charge in [0.15, 0.2) is 4.96 Å². The van der Waals surface area contributed by atoms with Gasteiger partial charge in [0.05, 0.1) is 10.7 Å². The van der Waals surface area contributed by atoms with Crippen LogP contribution in [0.25, 0.3) is 17.1 Å². The number of aromatic nitrogens is 3. The Hall–Kier alpha value is -1.50. The Bertz CT molecular complexity index is 831. The molecule has 0 atom stereocenters. The molecule has 19 heavy (non-hydrogen) atoms. The second-order valence-electron chi connectivity index (χ2n) is 3.82. The summed E-state index contributed by atoms with van der Waals surface area (Å²) in [6.07, 6.45) is 7.08. The first-order valence-electron chi connectivity index (χ1n) is 5.41. The predicted octanol–water partition coefficient (Wildman–Crippen LogP) is 3.34. The average molecular weight is 310 g/mol. The lowest BCUT2D eigenvalue weighted by atomic mass is 10.3. The summed E-state index contributed by atoms with van der Waals surface area (Å²) in [6, 6.07) is 1.49. The van der Waals surface area contributed by atoms with Crippen molar-refractivity contribution in [1.29, 1.82) is 0 Å². The molecule has 0 unspecified atom stereocenters. The van der Waals surface area contributed by atoms with Gasteiger partial charge in [-0.05, 0) is 19.1 Å². The summed E-state index contributed by atoms with van der Waals surface area (Å²) >= 11 is 8.75. The molecular weight excluding hydrogens is 302 g/mol. The first-order chi connectivity index (χ1) is 9.11. The second kappa shape index (κ2) is 4.88. The van der Waals surface area contributed by atoms with Gasteiger partial charge in [-0.15, -0.1) is 11.3 Å². The minimum atomic E-state index is -0.131. The van der Waals surface area contributed by atoms with Gasteiger partial charge >= 0.3 is 0 Å². The SMILES string of the molecule is Cc1ncc(/C=C/c2cc(=O)n3cc(Cl)sc3n2)s1. The zero-order valence-corrected chi connectivity index (χ0v) is 12.2. The van der Waals surface area contributed by atoms with Gasteiger partial charge in [0, 0.05) is 23.3 Å². The Kier molecular flexibility index (Phi) is 3.22. The highest BCUT2D eigenvalue weighted by Crippen LogP contribution is 2.20. The van der Waals surface area contributed by atoms with E-state index in [9.17, 15) is 4.79 Å². The molecule has 0 aliphatic carbocycles. The summed E-state index contributed by atoms with van der Waals surface area (Å²) in [5.41, 5.74) is 0.489. The fraction of sp³-hybridized carbons (Fsp3) is 0.0833. The highest BCUT2D eigenvalue weighted by molar-refractivity contribution is 7.20. The standard InChI is InChI=1S/C12H8ClN3OS2/c1-7-14-5-9(18-7)3-2-8-4-11(17)16-6-10(13)19-12(16)15-8/h2-6H,1H3/b3-2+. The summed E-state index contributed by atoms with van der Waals surface area (Å²) in [5, 5.41) is 1.01. The lowest BCUT2D eigenvalue weighted by Crippen LogP contribution is -2.11. The Morgan fingerprint density at radius 3 is 2.95 bits per heavy atom. The van der Waals surface area contributed by atoms with Crippen molar-refractivity contribution in [3.8, 4) is 0 Å². The Labute approximate surface area is 121 Å². The van der Waals surface area contributed by atoms with E-state index >= 15 is 0 Å². The number of aryl methyl sites for hydroxylation is 1. The third kappa shape index (κ3) is 2.60. The van der Waals surface area contributed by atoms with Crippen LogP contribution in [0, 0.1) is 6.92 Å². The Balaban J connectivity index is 2.01. The molecule has 0 saturated heterocycles. The fourth-order valence-corrected chi connectivity index (χ4v) is 3.32. The number of halogens is 1. The van der Waals surface area contributed by atoms with Gasteiger partial charge in [0.2, 0.25) is 0 Å². The molecule has 0 spiro atoms. The molecule has 0 fully saturated rings. The molecule has 3 rings (SSSR count). The molecule has 3 aromatic rings. The lowest BCUT2D eigenvalue weighted by molar-refractivity contribution is 1.07. The number of fused-ring (bicyclic) bond motifs is 1. The van der Waals surface area contributed by atoms with E-state index < -0.39 is 0 Å². The predicted molar refractivity (Wildman–Crippen MR) is 80.1 cm³/mol. The van der Waals surface area contributed by atoms with Crippen LogP contribution in [0.3, 0.4) is 0 Å². The van der Waals surface area contributed by atoms with E-state index in [1.807, 2.05) is 19.1 Å². The number of rotatable bonds is 2. The van der Waals surface area contributed by atoms with Gasteiger partial charge in [-0.3, -0.25) is 9.20 Å². The molecule has 0 amide bonds. The van der Waals surface area contributed by atoms with Crippen molar-refractivity contribution in [2.75, 3.05) is 0 Å². The van der Waals surface area contributed by atoms with Crippen molar-refractivity contribution in [2.45, 2.75) is 6.92 Å². The molecule has 0 radical (unpaired) electrons. The van der Waals surface area contributed by atoms with Gasteiger partial charge < -0.3 is 0 Å². The zero-order valence-electron chi connectivity index (χ0n) is 9.83. The minimum Gasteiger partial charge on any atom is -0.269 e. The fourth-order valence-electron chi connectivity index (χ4n) is 1.60. The molecule has 0 aromatic carbocycles. The van der Waals surface area contributed by atoms with Crippen molar-refractivity contribution in [1.82, 2.24) is 14.4 Å². The number of hydrogen-bond acceptors (Lipinski definition) is 5. The van der Waals surface area contributed by atoms with Gasteiger partial charge in [0.1, 0.15) is 4.34 Å². The smallest absolute Gasteiger partial charge is 0.259 e. The maximum atomic E-state index is 11.9. The van der Waals surface area contributed by atoms with Crippen LogP contribution in [-0.2, 0) is 0 Å². The van der Waals surface area contributed by atoms with Crippen molar-refractivity contribution in [2.24, 2.45) is 0 Å². The van der Waals surface area contributed by atoms with Crippen LogP contribution >= 0.6 is 34.3 Å². The highest BCUT2D eigenvalue weighted by atomic mass is 35.5. The number of thiazole rings is 2. The van der Waals surface area contributed by atoms with Gasteiger partial charge in [-0.25, -0.2) is 9.97 Å². The zero-order chi connectivity index (χ0) is 13.4. The molecule has 3 aromatic heterocycles. The van der Waals surface area contributed by atoms with Crippen LogP contribution < -0.4 is 5.56 Å². The summed E-state index contributed by atoms with van der Waals surface area (Å²) < 4.78 is 1.99. The van der Waals surface area contributed by atoms with Gasteiger partial charge in [0.25, 0.3) is 5.56 Å². The first-order valence-corrected chi connectivity index (χ1v) is 7.42. The molecule has 0 bridgehead atoms. The topological polar surface area (TPSA) is 47.3 Å². The van der Waals surface area contributed by atoms with Crippen LogP contribution in [0.1, 0.15) is 15.6 Å². The molecule has 0 aliphatic heterocycles. The van der Waals surface area contributed by atoms with Crippen molar-refractivity contribution < 1.29 is 0 Å². The largest absolute Gasteiger partial charge is 0.269 e. The number of nitrogens with zero attached hydrogens (tertiary/aromatic N) is 3. The van der Waals surface area contributed by atoms with E-state index in [-0.39, 0.29) is 5.56 Å².